The lowest BCUT2D eigenvalue weighted by molar-refractivity contribution is -0.161. The minimum Gasteiger partial charge on any atom is -0.462 e. The van der Waals surface area contributed by atoms with Gasteiger partial charge in [0.25, 0.3) is 0 Å². The van der Waals surface area contributed by atoms with E-state index in [1.165, 1.54) is 148 Å². The van der Waals surface area contributed by atoms with E-state index in [1.807, 2.05) is 0 Å². The zero-order chi connectivity index (χ0) is 66.8. The van der Waals surface area contributed by atoms with Gasteiger partial charge in [-0.3, -0.25) is 37.3 Å². The molecule has 0 aromatic rings. The van der Waals surface area contributed by atoms with Crippen molar-refractivity contribution >= 4 is 39.5 Å². The van der Waals surface area contributed by atoms with Gasteiger partial charge in [0, 0.05) is 25.7 Å². The minimum atomic E-state index is -4.95. The van der Waals surface area contributed by atoms with Crippen molar-refractivity contribution in [1.82, 2.24) is 0 Å². The van der Waals surface area contributed by atoms with E-state index in [0.29, 0.717) is 25.7 Å². The Morgan fingerprint density at radius 3 is 0.789 bits per heavy atom. The summed E-state index contributed by atoms with van der Waals surface area (Å²) in [7, 11) is -9.90. The number of hydrogen-bond acceptors (Lipinski definition) is 15. The van der Waals surface area contributed by atoms with Crippen LogP contribution in [0.2, 0.25) is 0 Å². The largest absolute Gasteiger partial charge is 0.472 e. The number of ether oxygens (including phenoxy) is 4. The number of unbranched alkanes of at least 4 members (excludes halogenated alkanes) is 33. The first kappa shape index (κ1) is 88.1. The zero-order valence-corrected chi connectivity index (χ0v) is 60.6. The lowest BCUT2D eigenvalue weighted by Gasteiger charge is -2.21. The number of carbonyl (C=O) groups is 4. The summed E-state index contributed by atoms with van der Waals surface area (Å²) >= 11 is 0. The fourth-order valence-electron chi connectivity index (χ4n) is 10.6. The van der Waals surface area contributed by atoms with Crippen LogP contribution in [0.4, 0.5) is 0 Å². The molecule has 6 atom stereocenters. The van der Waals surface area contributed by atoms with Gasteiger partial charge >= 0.3 is 39.5 Å². The number of carbonyl (C=O) groups excluding carboxylic acids is 4. The fourth-order valence-corrected chi connectivity index (χ4v) is 12.2. The molecule has 534 valence electrons. The number of phosphoric acid groups is 2. The Morgan fingerprint density at radius 2 is 0.533 bits per heavy atom. The second kappa shape index (κ2) is 60.7. The van der Waals surface area contributed by atoms with E-state index in [1.54, 1.807) is 0 Å². The van der Waals surface area contributed by atoms with Crippen molar-refractivity contribution in [3.05, 3.63) is 0 Å². The van der Waals surface area contributed by atoms with Crippen LogP contribution < -0.4 is 0 Å². The molecule has 17 nitrogen and oxygen atoms in total. The van der Waals surface area contributed by atoms with Gasteiger partial charge < -0.3 is 33.8 Å². The average molecular weight is 1330 g/mol. The van der Waals surface area contributed by atoms with Crippen LogP contribution in [0.5, 0.6) is 0 Å². The number of esters is 4. The third kappa shape index (κ3) is 63.5. The zero-order valence-electron chi connectivity index (χ0n) is 58.8. The van der Waals surface area contributed by atoms with Gasteiger partial charge in [0.15, 0.2) is 12.2 Å². The normalized spacial score (nSPS) is 14.6. The molecular weight excluding hydrogens is 1190 g/mol. The minimum absolute atomic E-state index is 0.105. The van der Waals surface area contributed by atoms with Gasteiger partial charge in [0.2, 0.25) is 0 Å². The first-order chi connectivity index (χ1) is 43.1. The van der Waals surface area contributed by atoms with Crippen molar-refractivity contribution in [1.29, 1.82) is 0 Å². The summed E-state index contributed by atoms with van der Waals surface area (Å²) in [5.74, 6) is 0.870. The Morgan fingerprint density at radius 1 is 0.311 bits per heavy atom. The molecule has 0 rings (SSSR count). The molecule has 3 N–H and O–H groups in total. The molecule has 0 bridgehead atoms. The highest BCUT2D eigenvalue weighted by Crippen LogP contribution is 2.45. The van der Waals surface area contributed by atoms with Crippen LogP contribution >= 0.6 is 15.6 Å². The maximum atomic E-state index is 13.0. The van der Waals surface area contributed by atoms with Crippen molar-refractivity contribution in [2.45, 2.75) is 369 Å². The van der Waals surface area contributed by atoms with Gasteiger partial charge in [-0.2, -0.15) is 0 Å². The quantitative estimate of drug-likeness (QED) is 0.0222. The number of aliphatic hydroxyl groups excluding tert-OH is 1. The summed E-state index contributed by atoms with van der Waals surface area (Å²) < 4.78 is 68.3. The van der Waals surface area contributed by atoms with Gasteiger partial charge in [0.05, 0.1) is 26.4 Å². The van der Waals surface area contributed by atoms with Crippen LogP contribution in [0.3, 0.4) is 0 Å². The molecule has 0 spiro atoms. The Balaban J connectivity index is 5.26. The summed E-state index contributed by atoms with van der Waals surface area (Å²) in [6.45, 7) is 14.1. The third-order valence-corrected chi connectivity index (χ3v) is 18.6. The lowest BCUT2D eigenvalue weighted by Crippen LogP contribution is -2.30. The number of hydrogen-bond donors (Lipinski definition) is 3. The van der Waals surface area contributed by atoms with Crippen molar-refractivity contribution in [2.75, 3.05) is 39.6 Å². The van der Waals surface area contributed by atoms with Crippen molar-refractivity contribution in [3.63, 3.8) is 0 Å². The highest BCUT2D eigenvalue weighted by molar-refractivity contribution is 7.47. The second-order valence-corrected chi connectivity index (χ2v) is 30.2. The topological polar surface area (TPSA) is 237 Å². The molecule has 0 heterocycles. The van der Waals surface area contributed by atoms with E-state index in [4.69, 9.17) is 37.0 Å². The van der Waals surface area contributed by atoms with Crippen molar-refractivity contribution in [3.8, 4) is 0 Å². The van der Waals surface area contributed by atoms with E-state index >= 15 is 0 Å². The van der Waals surface area contributed by atoms with E-state index < -0.39 is 97.5 Å². The number of aliphatic hydroxyl groups is 1. The summed E-state index contributed by atoms with van der Waals surface area (Å²) in [5.41, 5.74) is 0. The Hall–Kier alpha value is -1.94. The summed E-state index contributed by atoms with van der Waals surface area (Å²) in [6, 6.07) is 0. The van der Waals surface area contributed by atoms with E-state index in [2.05, 4.69) is 55.4 Å². The molecule has 0 amide bonds. The van der Waals surface area contributed by atoms with E-state index in [0.717, 1.165) is 120 Å². The number of phosphoric ester groups is 2. The highest BCUT2D eigenvalue weighted by atomic mass is 31.2. The van der Waals surface area contributed by atoms with Gasteiger partial charge in [-0.25, -0.2) is 9.13 Å². The maximum Gasteiger partial charge on any atom is 0.472 e. The molecule has 0 aliphatic heterocycles. The first-order valence-electron chi connectivity index (χ1n) is 36.7. The molecule has 0 aromatic heterocycles. The molecule has 0 fully saturated rings. The molecule has 19 heteroatoms. The van der Waals surface area contributed by atoms with Crippen LogP contribution in [-0.4, -0.2) is 96.7 Å². The first-order valence-corrected chi connectivity index (χ1v) is 39.7. The predicted octanol–water partition coefficient (Wildman–Crippen LogP) is 20.1. The predicted molar refractivity (Wildman–Crippen MR) is 363 cm³/mol. The number of rotatable bonds is 68. The molecule has 90 heavy (non-hydrogen) atoms. The summed E-state index contributed by atoms with van der Waals surface area (Å²) in [4.78, 5) is 72.6. The molecular formula is C71H138O17P2. The highest BCUT2D eigenvalue weighted by Gasteiger charge is 2.30. The average Bonchev–Trinajstić information content (AvgIpc) is 2.87. The Bertz CT molecular complexity index is 1780. The van der Waals surface area contributed by atoms with Crippen LogP contribution in [-0.2, 0) is 65.4 Å². The maximum absolute atomic E-state index is 13.0. The van der Waals surface area contributed by atoms with Gasteiger partial charge in [-0.15, -0.1) is 0 Å². The Kier molecular flexibility index (Phi) is 59.4. The monoisotopic (exact) mass is 1320 g/mol. The van der Waals surface area contributed by atoms with Crippen LogP contribution in [0.15, 0.2) is 0 Å². The van der Waals surface area contributed by atoms with E-state index in [9.17, 15) is 43.2 Å². The Labute approximate surface area is 549 Å². The van der Waals surface area contributed by atoms with Crippen molar-refractivity contribution in [2.24, 2.45) is 23.7 Å². The van der Waals surface area contributed by atoms with Gasteiger partial charge in [0.1, 0.15) is 19.3 Å². The lowest BCUT2D eigenvalue weighted by atomic mass is 10.00. The van der Waals surface area contributed by atoms with Gasteiger partial charge in [-0.05, 0) is 49.4 Å². The molecule has 3 unspecified atom stereocenters. The molecule has 0 radical (unpaired) electrons. The van der Waals surface area contributed by atoms with E-state index in [-0.39, 0.29) is 25.7 Å². The van der Waals surface area contributed by atoms with Gasteiger partial charge in [-0.1, -0.05) is 299 Å². The second-order valence-electron chi connectivity index (χ2n) is 27.3. The molecule has 0 saturated carbocycles. The molecule has 0 aliphatic carbocycles. The summed E-state index contributed by atoms with van der Waals surface area (Å²) in [5, 5.41) is 10.6. The summed E-state index contributed by atoms with van der Waals surface area (Å²) in [6.07, 6.45) is 43.1. The van der Waals surface area contributed by atoms with Crippen LogP contribution in [0.25, 0.3) is 0 Å². The SMILES string of the molecule is CCC(C)CCCCCCCCC(=O)OC[C@H](COP(=O)(O)OC[C@H](O)COP(=O)(O)OC[C@@H](COC(=O)CCCCCCCCCCC(C)C)OC(=O)CCCCCCCCCCCCCCC(C)C)OC(=O)CCCCCCCCCCCCCC(C)C. The van der Waals surface area contributed by atoms with Crippen molar-refractivity contribution < 1.29 is 80.2 Å². The molecule has 0 aliphatic rings. The smallest absolute Gasteiger partial charge is 0.462 e. The standard InChI is InChI=1S/C71H138O17P2/c1-9-64(8)50-42-34-29-30-36-44-52-69(74)82-58-67(88-71(76)54-46-38-28-20-16-12-14-18-24-32-40-48-62(4)5)60-86-90(79,80)84-56-65(72)55-83-89(77,78)85-59-66(57-81-68(73)51-43-35-26-22-21-25-33-41-49-63(6)7)87-70(75)53-45-37-27-19-15-11-10-13-17-23-31-39-47-61(2)3/h61-67,72H,9-60H2,1-8H3,(H,77,78)(H,79,80)/t64?,65-,66-,67-/m1/s1. The third-order valence-electron chi connectivity index (χ3n) is 16.7. The van der Waals surface area contributed by atoms with Crippen LogP contribution in [0.1, 0.15) is 351 Å². The fraction of sp³-hybridized carbons (Fsp3) is 0.944. The molecule has 0 aromatic carbocycles. The molecule has 0 saturated heterocycles. The van der Waals surface area contributed by atoms with Crippen LogP contribution in [0, 0.1) is 23.7 Å².